The van der Waals surface area contributed by atoms with Gasteiger partial charge >= 0.3 is 5.97 Å². The molecule has 0 spiro atoms. The molecule has 0 saturated heterocycles. The highest BCUT2D eigenvalue weighted by Gasteiger charge is 2.42. The Morgan fingerprint density at radius 2 is 2.45 bits per heavy atom. The van der Waals surface area contributed by atoms with E-state index in [0.717, 1.165) is 19.4 Å². The van der Waals surface area contributed by atoms with Crippen LogP contribution >= 0.6 is 0 Å². The van der Waals surface area contributed by atoms with Crippen molar-refractivity contribution in [3.05, 3.63) is 0 Å². The summed E-state index contributed by atoms with van der Waals surface area (Å²) in [5.74, 6) is -0.499. The summed E-state index contributed by atoms with van der Waals surface area (Å²) < 4.78 is 5.22. The van der Waals surface area contributed by atoms with Gasteiger partial charge in [0.25, 0.3) is 0 Å². The lowest BCUT2D eigenvalue weighted by molar-refractivity contribution is -0.139. The van der Waals surface area contributed by atoms with E-state index in [-0.39, 0.29) is 5.92 Å². The van der Waals surface area contributed by atoms with Crippen LogP contribution in [0.1, 0.15) is 19.8 Å². The van der Waals surface area contributed by atoms with Crippen LogP contribution < -0.4 is 0 Å². The third-order valence-electron chi connectivity index (χ3n) is 1.92. The molecule has 64 valence electrons. The average Bonchev–Trinajstić information content (AvgIpc) is 2.68. The summed E-state index contributed by atoms with van der Waals surface area (Å²) >= 11 is 0. The number of carboxylic acids is 1. The summed E-state index contributed by atoms with van der Waals surface area (Å²) in [6.45, 7) is 3.43. The fourth-order valence-electron chi connectivity index (χ4n) is 1.11. The maximum absolute atomic E-state index is 10.3. The number of ether oxygens (including phenoxy) is 1. The van der Waals surface area contributed by atoms with Crippen LogP contribution in [0.2, 0.25) is 0 Å². The van der Waals surface area contributed by atoms with Crippen molar-refractivity contribution in [2.75, 3.05) is 13.2 Å². The quantitative estimate of drug-likeness (QED) is 0.610. The van der Waals surface area contributed by atoms with Crippen LogP contribution in [0.15, 0.2) is 0 Å². The molecule has 1 rings (SSSR count). The van der Waals surface area contributed by atoms with E-state index in [1.165, 1.54) is 0 Å². The lowest BCUT2D eigenvalue weighted by atomic mass is 10.3. The summed E-state index contributed by atoms with van der Waals surface area (Å²) in [7, 11) is 0. The predicted molar refractivity (Wildman–Crippen MR) is 40.3 cm³/mol. The Morgan fingerprint density at radius 3 is 2.91 bits per heavy atom. The van der Waals surface area contributed by atoms with E-state index < -0.39 is 5.97 Å². The molecule has 0 heterocycles. The molecule has 0 aromatic rings. The number of carbonyl (C=O) groups is 1. The number of carboxylic acid groups (broad SMARTS) is 1. The lowest BCUT2D eigenvalue weighted by Gasteiger charge is -1.98. The van der Waals surface area contributed by atoms with Crippen LogP contribution in [0.4, 0.5) is 0 Å². The van der Waals surface area contributed by atoms with E-state index in [1.54, 1.807) is 0 Å². The van der Waals surface area contributed by atoms with Gasteiger partial charge in [0.15, 0.2) is 0 Å². The molecule has 1 aliphatic carbocycles. The first kappa shape index (κ1) is 8.53. The Bertz CT molecular complexity index is 144. The summed E-state index contributed by atoms with van der Waals surface area (Å²) in [4.78, 5) is 10.3. The van der Waals surface area contributed by atoms with Gasteiger partial charge < -0.3 is 9.84 Å². The fraction of sp³-hybridized carbons (Fsp3) is 0.875. The Kier molecular flexibility index (Phi) is 2.88. The van der Waals surface area contributed by atoms with Gasteiger partial charge in [0, 0.05) is 6.61 Å². The molecule has 1 N–H and O–H groups in total. The molecule has 0 aliphatic heterocycles. The maximum Gasteiger partial charge on any atom is 0.306 e. The molecule has 3 nitrogen and oxygen atoms in total. The molecular formula is C8H14O3. The topological polar surface area (TPSA) is 46.5 Å². The smallest absolute Gasteiger partial charge is 0.306 e. The third kappa shape index (κ3) is 2.50. The van der Waals surface area contributed by atoms with Crippen molar-refractivity contribution in [2.24, 2.45) is 11.8 Å². The minimum Gasteiger partial charge on any atom is -0.481 e. The summed E-state index contributed by atoms with van der Waals surface area (Å²) in [6, 6.07) is 0. The lowest BCUT2D eigenvalue weighted by Crippen LogP contribution is -2.04. The van der Waals surface area contributed by atoms with Crippen molar-refractivity contribution in [2.45, 2.75) is 19.8 Å². The first-order valence-electron chi connectivity index (χ1n) is 4.06. The Balaban J connectivity index is 2.00. The molecule has 0 amide bonds. The highest BCUT2D eigenvalue weighted by atomic mass is 16.5. The van der Waals surface area contributed by atoms with Crippen LogP contribution in [-0.2, 0) is 9.53 Å². The monoisotopic (exact) mass is 158 g/mol. The first-order valence-corrected chi connectivity index (χ1v) is 4.06. The molecule has 1 fully saturated rings. The molecule has 0 bridgehead atoms. The van der Waals surface area contributed by atoms with E-state index in [2.05, 4.69) is 0 Å². The van der Waals surface area contributed by atoms with Crippen molar-refractivity contribution in [1.29, 1.82) is 0 Å². The second-order valence-electron chi connectivity index (χ2n) is 3.02. The van der Waals surface area contributed by atoms with Gasteiger partial charge in [0.2, 0.25) is 0 Å². The second-order valence-corrected chi connectivity index (χ2v) is 3.02. The van der Waals surface area contributed by atoms with Crippen molar-refractivity contribution in [3.63, 3.8) is 0 Å². The molecule has 1 aliphatic rings. The van der Waals surface area contributed by atoms with Crippen molar-refractivity contribution >= 4 is 5.97 Å². The number of aliphatic carboxylic acids is 1. The minimum absolute atomic E-state index is 0.119. The molecular weight excluding hydrogens is 144 g/mol. The maximum atomic E-state index is 10.3. The van der Waals surface area contributed by atoms with Crippen LogP contribution in [0.5, 0.6) is 0 Å². The van der Waals surface area contributed by atoms with E-state index in [0.29, 0.717) is 12.5 Å². The number of hydrogen-bond donors (Lipinski definition) is 1. The highest BCUT2D eigenvalue weighted by molar-refractivity contribution is 5.73. The van der Waals surface area contributed by atoms with E-state index in [9.17, 15) is 4.79 Å². The van der Waals surface area contributed by atoms with Crippen LogP contribution in [0.25, 0.3) is 0 Å². The largest absolute Gasteiger partial charge is 0.481 e. The number of hydrogen-bond acceptors (Lipinski definition) is 2. The zero-order chi connectivity index (χ0) is 8.27. The zero-order valence-corrected chi connectivity index (χ0v) is 6.75. The van der Waals surface area contributed by atoms with Crippen molar-refractivity contribution < 1.29 is 14.6 Å². The summed E-state index contributed by atoms with van der Waals surface area (Å²) in [6.07, 6.45) is 1.81. The van der Waals surface area contributed by atoms with E-state index in [1.807, 2.05) is 6.92 Å². The molecule has 0 unspecified atom stereocenters. The van der Waals surface area contributed by atoms with Crippen LogP contribution in [0.3, 0.4) is 0 Å². The minimum atomic E-state index is -0.671. The second kappa shape index (κ2) is 3.72. The van der Waals surface area contributed by atoms with E-state index in [4.69, 9.17) is 9.84 Å². The van der Waals surface area contributed by atoms with Crippen molar-refractivity contribution in [1.82, 2.24) is 0 Å². The molecule has 0 aromatic carbocycles. The van der Waals surface area contributed by atoms with Gasteiger partial charge in [0.05, 0.1) is 12.5 Å². The first-order chi connectivity index (χ1) is 5.25. The average molecular weight is 158 g/mol. The summed E-state index contributed by atoms with van der Waals surface area (Å²) in [5, 5.41) is 8.52. The Hall–Kier alpha value is -0.570. The zero-order valence-electron chi connectivity index (χ0n) is 6.75. The third-order valence-corrected chi connectivity index (χ3v) is 1.92. The summed E-state index contributed by atoms with van der Waals surface area (Å²) in [5.41, 5.74) is 0. The van der Waals surface area contributed by atoms with Gasteiger partial charge in [-0.1, -0.05) is 6.92 Å². The molecule has 0 aromatic heterocycles. The molecule has 1 saturated carbocycles. The van der Waals surface area contributed by atoms with Gasteiger partial charge in [0.1, 0.15) is 0 Å². The van der Waals surface area contributed by atoms with Crippen LogP contribution in [0, 0.1) is 11.8 Å². The van der Waals surface area contributed by atoms with Crippen LogP contribution in [-0.4, -0.2) is 24.3 Å². The standard InChI is InChI=1S/C8H14O3/c1-2-3-11-5-6-4-7(6)8(9)10/h6-7H,2-5H2,1H3,(H,9,10)/t6-,7+/m1/s1. The van der Waals surface area contributed by atoms with Gasteiger partial charge in [-0.15, -0.1) is 0 Å². The van der Waals surface area contributed by atoms with Gasteiger partial charge in [-0.25, -0.2) is 0 Å². The SMILES string of the molecule is CCCOC[C@H]1C[C@@H]1C(=O)O. The Morgan fingerprint density at radius 1 is 1.73 bits per heavy atom. The van der Waals surface area contributed by atoms with Gasteiger partial charge in [-0.3, -0.25) is 4.79 Å². The Labute approximate surface area is 66.4 Å². The highest BCUT2D eigenvalue weighted by Crippen LogP contribution is 2.38. The normalized spacial score (nSPS) is 28.5. The molecule has 0 radical (unpaired) electrons. The van der Waals surface area contributed by atoms with Gasteiger partial charge in [-0.05, 0) is 18.8 Å². The van der Waals surface area contributed by atoms with Crippen molar-refractivity contribution in [3.8, 4) is 0 Å². The van der Waals surface area contributed by atoms with Gasteiger partial charge in [-0.2, -0.15) is 0 Å². The predicted octanol–water partition coefficient (Wildman–Crippen LogP) is 1.13. The van der Waals surface area contributed by atoms with E-state index >= 15 is 0 Å². The fourth-order valence-corrected chi connectivity index (χ4v) is 1.11. The molecule has 2 atom stereocenters. The molecule has 3 heteroatoms. The molecule has 11 heavy (non-hydrogen) atoms. The number of rotatable bonds is 5.